The Bertz CT molecular complexity index is 858. The highest BCUT2D eigenvalue weighted by Crippen LogP contribution is 2.32. The SMILES string of the molecule is C=C1c2ccccc2C(=O)N1CC(=O)Nc1ccccc1OC(F)(F)F. The van der Waals surface area contributed by atoms with Crippen molar-refractivity contribution in [3.63, 3.8) is 0 Å². The van der Waals surface area contributed by atoms with E-state index in [0.29, 0.717) is 16.8 Å². The molecule has 2 amide bonds. The monoisotopic (exact) mass is 362 g/mol. The molecule has 0 radical (unpaired) electrons. The van der Waals surface area contributed by atoms with Crippen LogP contribution in [0.15, 0.2) is 55.1 Å². The number of carbonyl (C=O) groups excluding carboxylic acids is 2. The first-order valence-electron chi connectivity index (χ1n) is 7.51. The number of rotatable bonds is 4. The maximum atomic E-state index is 12.4. The highest BCUT2D eigenvalue weighted by Gasteiger charge is 2.33. The van der Waals surface area contributed by atoms with Crippen LogP contribution in [-0.2, 0) is 4.79 Å². The van der Waals surface area contributed by atoms with E-state index in [1.807, 2.05) is 0 Å². The van der Waals surface area contributed by atoms with E-state index in [4.69, 9.17) is 0 Å². The predicted octanol–water partition coefficient (Wildman–Crippen LogP) is 3.65. The van der Waals surface area contributed by atoms with Gasteiger partial charge in [0.2, 0.25) is 5.91 Å². The first-order chi connectivity index (χ1) is 12.3. The molecule has 0 fully saturated rings. The minimum absolute atomic E-state index is 0.149. The number of nitrogens with zero attached hydrogens (tertiary/aromatic N) is 1. The van der Waals surface area contributed by atoms with Gasteiger partial charge in [-0.05, 0) is 18.2 Å². The van der Waals surface area contributed by atoms with E-state index in [2.05, 4.69) is 16.6 Å². The van der Waals surface area contributed by atoms with Gasteiger partial charge in [0.25, 0.3) is 5.91 Å². The average molecular weight is 362 g/mol. The van der Waals surface area contributed by atoms with Crippen LogP contribution in [0.4, 0.5) is 18.9 Å². The number of amides is 2. The molecule has 26 heavy (non-hydrogen) atoms. The van der Waals surface area contributed by atoms with Crippen LogP contribution in [0.25, 0.3) is 5.70 Å². The largest absolute Gasteiger partial charge is 0.573 e. The van der Waals surface area contributed by atoms with E-state index < -0.39 is 18.0 Å². The van der Waals surface area contributed by atoms with Crippen LogP contribution in [0, 0.1) is 0 Å². The Morgan fingerprint density at radius 2 is 1.69 bits per heavy atom. The molecular formula is C18H13F3N2O3. The van der Waals surface area contributed by atoms with E-state index in [1.54, 1.807) is 24.3 Å². The topological polar surface area (TPSA) is 58.6 Å². The molecule has 1 aliphatic heterocycles. The Labute approximate surface area is 146 Å². The maximum absolute atomic E-state index is 12.4. The normalized spacial score (nSPS) is 13.6. The molecule has 8 heteroatoms. The van der Waals surface area contributed by atoms with Crippen molar-refractivity contribution in [3.05, 3.63) is 66.2 Å². The number of ether oxygens (including phenoxy) is 1. The summed E-state index contributed by atoms with van der Waals surface area (Å²) in [6.45, 7) is 3.42. The molecule has 1 N–H and O–H groups in total. The maximum Gasteiger partial charge on any atom is 0.573 e. The second-order valence-electron chi connectivity index (χ2n) is 5.48. The molecule has 0 unspecified atom stereocenters. The lowest BCUT2D eigenvalue weighted by Gasteiger charge is -2.18. The van der Waals surface area contributed by atoms with Crippen LogP contribution in [-0.4, -0.2) is 29.6 Å². The van der Waals surface area contributed by atoms with Crippen LogP contribution in [0.2, 0.25) is 0 Å². The van der Waals surface area contributed by atoms with Crippen LogP contribution in [0.3, 0.4) is 0 Å². The minimum Gasteiger partial charge on any atom is -0.404 e. The first-order valence-corrected chi connectivity index (χ1v) is 7.51. The van der Waals surface area contributed by atoms with Crippen molar-refractivity contribution >= 4 is 23.2 Å². The third kappa shape index (κ3) is 3.53. The molecule has 0 aromatic heterocycles. The van der Waals surface area contributed by atoms with Gasteiger partial charge in [0.05, 0.1) is 5.69 Å². The van der Waals surface area contributed by atoms with Gasteiger partial charge in [-0.2, -0.15) is 0 Å². The van der Waals surface area contributed by atoms with Gasteiger partial charge < -0.3 is 10.1 Å². The molecule has 0 saturated heterocycles. The fourth-order valence-corrected chi connectivity index (χ4v) is 2.62. The number of alkyl halides is 3. The zero-order chi connectivity index (χ0) is 18.9. The third-order valence-electron chi connectivity index (χ3n) is 3.73. The van der Waals surface area contributed by atoms with E-state index in [9.17, 15) is 22.8 Å². The molecule has 2 aromatic carbocycles. The number of nitrogens with one attached hydrogen (secondary N) is 1. The summed E-state index contributed by atoms with van der Waals surface area (Å²) < 4.78 is 41.2. The molecule has 1 aliphatic rings. The summed E-state index contributed by atoms with van der Waals surface area (Å²) in [4.78, 5) is 25.8. The van der Waals surface area contributed by atoms with Gasteiger partial charge in [-0.25, -0.2) is 0 Å². The lowest BCUT2D eigenvalue weighted by molar-refractivity contribution is -0.274. The molecule has 5 nitrogen and oxygen atoms in total. The summed E-state index contributed by atoms with van der Waals surface area (Å²) >= 11 is 0. The van der Waals surface area contributed by atoms with Crippen LogP contribution in [0.1, 0.15) is 15.9 Å². The zero-order valence-corrected chi connectivity index (χ0v) is 13.3. The Hall–Kier alpha value is -3.29. The fourth-order valence-electron chi connectivity index (χ4n) is 2.62. The molecule has 0 saturated carbocycles. The number of fused-ring (bicyclic) bond motifs is 1. The van der Waals surface area contributed by atoms with Crippen molar-refractivity contribution in [2.45, 2.75) is 6.36 Å². The van der Waals surface area contributed by atoms with Gasteiger partial charge >= 0.3 is 6.36 Å². The number of para-hydroxylation sites is 2. The quantitative estimate of drug-likeness (QED) is 0.903. The summed E-state index contributed by atoms with van der Waals surface area (Å²) in [6, 6.07) is 11.9. The molecule has 0 spiro atoms. The summed E-state index contributed by atoms with van der Waals surface area (Å²) in [5.74, 6) is -1.60. The van der Waals surface area contributed by atoms with Crippen molar-refractivity contribution in [2.75, 3.05) is 11.9 Å². The second kappa shape index (κ2) is 6.55. The Morgan fingerprint density at radius 3 is 2.35 bits per heavy atom. The van der Waals surface area contributed by atoms with Crippen LogP contribution >= 0.6 is 0 Å². The number of anilines is 1. The van der Waals surface area contributed by atoms with E-state index in [1.165, 1.54) is 23.1 Å². The lowest BCUT2D eigenvalue weighted by Crippen LogP contribution is -2.33. The van der Waals surface area contributed by atoms with Gasteiger partial charge in [-0.3, -0.25) is 14.5 Å². The van der Waals surface area contributed by atoms with E-state index in [0.717, 1.165) is 6.07 Å². The summed E-state index contributed by atoms with van der Waals surface area (Å²) in [5.41, 5.74) is 1.25. The van der Waals surface area contributed by atoms with Crippen molar-refractivity contribution < 1.29 is 27.5 Å². The lowest BCUT2D eigenvalue weighted by atomic mass is 10.1. The number of carbonyl (C=O) groups is 2. The van der Waals surface area contributed by atoms with Gasteiger partial charge in [0.15, 0.2) is 5.75 Å². The van der Waals surface area contributed by atoms with Crippen molar-refractivity contribution in [1.82, 2.24) is 4.90 Å². The second-order valence-corrected chi connectivity index (χ2v) is 5.48. The standard InChI is InChI=1S/C18H13F3N2O3/c1-11-12-6-2-3-7-13(12)17(25)23(11)10-16(24)22-14-8-4-5-9-15(14)26-18(19,20)21/h2-9H,1,10H2,(H,22,24). The molecule has 1 heterocycles. The fraction of sp³-hybridized carbons (Fsp3) is 0.111. The molecule has 0 atom stereocenters. The molecule has 0 bridgehead atoms. The molecule has 3 rings (SSSR count). The molecular weight excluding hydrogens is 349 g/mol. The van der Waals surface area contributed by atoms with Crippen molar-refractivity contribution in [1.29, 1.82) is 0 Å². The first kappa shape index (κ1) is 17.5. The summed E-state index contributed by atoms with van der Waals surface area (Å²) in [7, 11) is 0. The Morgan fingerprint density at radius 1 is 1.08 bits per heavy atom. The Kier molecular flexibility index (Phi) is 4.41. The molecule has 2 aromatic rings. The highest BCUT2D eigenvalue weighted by molar-refractivity contribution is 6.11. The number of halogens is 3. The number of hydrogen-bond acceptors (Lipinski definition) is 3. The van der Waals surface area contributed by atoms with Gasteiger partial charge in [-0.1, -0.05) is 36.9 Å². The molecule has 134 valence electrons. The number of hydrogen-bond donors (Lipinski definition) is 1. The minimum atomic E-state index is -4.89. The predicted molar refractivity (Wildman–Crippen MR) is 88.3 cm³/mol. The van der Waals surface area contributed by atoms with E-state index in [-0.39, 0.29) is 18.1 Å². The zero-order valence-electron chi connectivity index (χ0n) is 13.3. The average Bonchev–Trinajstić information content (AvgIpc) is 2.81. The van der Waals surface area contributed by atoms with Gasteiger partial charge in [0, 0.05) is 16.8 Å². The molecule has 0 aliphatic carbocycles. The van der Waals surface area contributed by atoms with Gasteiger partial charge in [0.1, 0.15) is 6.54 Å². The van der Waals surface area contributed by atoms with Crippen LogP contribution < -0.4 is 10.1 Å². The van der Waals surface area contributed by atoms with Crippen LogP contribution in [0.5, 0.6) is 5.75 Å². The number of benzene rings is 2. The van der Waals surface area contributed by atoms with Gasteiger partial charge in [-0.15, -0.1) is 13.2 Å². The summed E-state index contributed by atoms with van der Waals surface area (Å²) in [5, 5.41) is 2.33. The smallest absolute Gasteiger partial charge is 0.404 e. The highest BCUT2D eigenvalue weighted by atomic mass is 19.4. The van der Waals surface area contributed by atoms with E-state index >= 15 is 0 Å². The third-order valence-corrected chi connectivity index (χ3v) is 3.73. The Balaban J connectivity index is 1.73. The van der Waals surface area contributed by atoms with Crippen molar-refractivity contribution in [3.8, 4) is 5.75 Å². The summed E-state index contributed by atoms with van der Waals surface area (Å²) in [6.07, 6.45) is -4.89. The van der Waals surface area contributed by atoms with Crippen molar-refractivity contribution in [2.24, 2.45) is 0 Å².